The van der Waals surface area contributed by atoms with Crippen molar-refractivity contribution in [2.75, 3.05) is 19.6 Å². The molecule has 3 heterocycles. The fourth-order valence-corrected chi connectivity index (χ4v) is 4.71. The molecule has 0 spiro atoms. The molecule has 1 fully saturated rings. The predicted octanol–water partition coefficient (Wildman–Crippen LogP) is 4.33. The lowest BCUT2D eigenvalue weighted by atomic mass is 9.97. The van der Waals surface area contributed by atoms with E-state index in [1.54, 1.807) is 18.5 Å². The van der Waals surface area contributed by atoms with Crippen molar-refractivity contribution in [1.82, 2.24) is 25.4 Å². The number of nitrogens with one attached hydrogen (secondary N) is 2. The molecule has 174 valence electrons. The largest absolute Gasteiger partial charge is 0.352 e. The first kappa shape index (κ1) is 22.2. The lowest BCUT2D eigenvalue weighted by molar-refractivity contribution is 0.0930. The number of carbonyl (C=O) groups excluding carboxylic acids is 1. The Balaban J connectivity index is 1.20. The number of H-pyrrole nitrogens is 1. The number of aromatic nitrogens is 3. The summed E-state index contributed by atoms with van der Waals surface area (Å²) in [6, 6.07) is 16.5. The van der Waals surface area contributed by atoms with Crippen molar-refractivity contribution < 1.29 is 9.18 Å². The molecule has 2 aromatic heterocycles. The van der Waals surface area contributed by atoms with E-state index in [0.717, 1.165) is 53.7 Å². The topological polar surface area (TPSA) is 73.9 Å². The Hall–Kier alpha value is -3.58. The van der Waals surface area contributed by atoms with Crippen molar-refractivity contribution >= 4 is 16.8 Å². The fourth-order valence-electron chi connectivity index (χ4n) is 4.71. The second-order valence-corrected chi connectivity index (χ2v) is 9.01. The van der Waals surface area contributed by atoms with E-state index in [-0.39, 0.29) is 11.7 Å². The second-order valence-electron chi connectivity index (χ2n) is 9.01. The smallest absolute Gasteiger partial charge is 0.251 e. The predicted molar refractivity (Wildman–Crippen MR) is 130 cm³/mol. The number of piperidine rings is 1. The zero-order valence-corrected chi connectivity index (χ0v) is 19.0. The number of likely N-dealkylation sites (tertiary alicyclic amines) is 1. The SMILES string of the molecule is O=C(NCC1CCCN(Cc2ccccc2F)C1)c1ccc2n[nH]c(Cc3ccncc3)c2c1. The Morgan fingerprint density at radius 2 is 2.00 bits per heavy atom. The molecule has 1 unspecified atom stereocenters. The van der Waals surface area contributed by atoms with Crippen LogP contribution in [0.15, 0.2) is 67.0 Å². The van der Waals surface area contributed by atoms with Crippen molar-refractivity contribution in [1.29, 1.82) is 0 Å². The Morgan fingerprint density at radius 1 is 1.15 bits per heavy atom. The molecule has 0 bridgehead atoms. The number of fused-ring (bicyclic) bond motifs is 1. The molecule has 5 rings (SSSR count). The average Bonchev–Trinajstić information content (AvgIpc) is 3.27. The normalized spacial score (nSPS) is 16.6. The molecule has 1 atom stereocenters. The summed E-state index contributed by atoms with van der Waals surface area (Å²) in [6.07, 6.45) is 6.36. The van der Waals surface area contributed by atoms with Crippen LogP contribution < -0.4 is 5.32 Å². The van der Waals surface area contributed by atoms with E-state index in [9.17, 15) is 9.18 Å². The lowest BCUT2D eigenvalue weighted by Crippen LogP contribution is -2.40. The summed E-state index contributed by atoms with van der Waals surface area (Å²) in [7, 11) is 0. The maximum atomic E-state index is 14.0. The summed E-state index contributed by atoms with van der Waals surface area (Å²) in [6.45, 7) is 3.02. The van der Waals surface area contributed by atoms with Gasteiger partial charge in [0.1, 0.15) is 5.82 Å². The summed E-state index contributed by atoms with van der Waals surface area (Å²) in [5.74, 6) is 0.115. The van der Waals surface area contributed by atoms with Gasteiger partial charge in [0, 0.05) is 60.7 Å². The molecule has 1 saturated heterocycles. The highest BCUT2D eigenvalue weighted by Crippen LogP contribution is 2.22. The Kier molecular flexibility index (Phi) is 6.62. The molecule has 0 aliphatic carbocycles. The summed E-state index contributed by atoms with van der Waals surface area (Å²) in [5.41, 5.74) is 4.31. The quantitative estimate of drug-likeness (QED) is 0.433. The third-order valence-electron chi connectivity index (χ3n) is 6.53. The highest BCUT2D eigenvalue weighted by molar-refractivity contribution is 5.98. The molecule has 0 saturated carbocycles. The summed E-state index contributed by atoms with van der Waals surface area (Å²) < 4.78 is 14.0. The van der Waals surface area contributed by atoms with Gasteiger partial charge in [-0.25, -0.2) is 4.39 Å². The van der Waals surface area contributed by atoms with Gasteiger partial charge in [-0.15, -0.1) is 0 Å². The number of rotatable bonds is 7. The molecular weight excluding hydrogens is 429 g/mol. The third kappa shape index (κ3) is 5.15. The number of hydrogen-bond donors (Lipinski definition) is 2. The minimum Gasteiger partial charge on any atom is -0.352 e. The molecule has 2 aromatic carbocycles. The van der Waals surface area contributed by atoms with Crippen molar-refractivity contribution in [3.05, 3.63) is 95.2 Å². The van der Waals surface area contributed by atoms with Crippen LogP contribution in [0.1, 0.15) is 40.0 Å². The van der Waals surface area contributed by atoms with Crippen molar-refractivity contribution in [2.24, 2.45) is 5.92 Å². The first-order valence-electron chi connectivity index (χ1n) is 11.8. The highest BCUT2D eigenvalue weighted by atomic mass is 19.1. The fraction of sp³-hybridized carbons (Fsp3) is 0.296. The molecule has 7 heteroatoms. The van der Waals surface area contributed by atoms with Crippen molar-refractivity contribution in [2.45, 2.75) is 25.8 Å². The maximum Gasteiger partial charge on any atom is 0.251 e. The monoisotopic (exact) mass is 457 g/mol. The van der Waals surface area contributed by atoms with Gasteiger partial charge in [-0.05, 0) is 67.3 Å². The molecule has 1 aliphatic rings. The zero-order valence-electron chi connectivity index (χ0n) is 19.0. The molecule has 1 amide bonds. The van der Waals surface area contributed by atoms with Gasteiger partial charge < -0.3 is 5.32 Å². The van der Waals surface area contributed by atoms with Gasteiger partial charge in [0.05, 0.1) is 5.52 Å². The van der Waals surface area contributed by atoms with E-state index >= 15 is 0 Å². The van der Waals surface area contributed by atoms with Gasteiger partial charge in [-0.1, -0.05) is 18.2 Å². The number of pyridine rings is 1. The molecule has 0 radical (unpaired) electrons. The number of aromatic amines is 1. The third-order valence-corrected chi connectivity index (χ3v) is 6.53. The van der Waals surface area contributed by atoms with E-state index in [2.05, 4.69) is 25.4 Å². The maximum absolute atomic E-state index is 14.0. The van der Waals surface area contributed by atoms with Crippen LogP contribution >= 0.6 is 0 Å². The number of hydrogen-bond acceptors (Lipinski definition) is 4. The van der Waals surface area contributed by atoms with Crippen LogP contribution in [-0.2, 0) is 13.0 Å². The first-order valence-corrected chi connectivity index (χ1v) is 11.8. The van der Waals surface area contributed by atoms with Crippen LogP contribution in [0, 0.1) is 11.7 Å². The van der Waals surface area contributed by atoms with Gasteiger partial charge in [0.15, 0.2) is 0 Å². The van der Waals surface area contributed by atoms with Gasteiger partial charge >= 0.3 is 0 Å². The lowest BCUT2D eigenvalue weighted by Gasteiger charge is -2.33. The van der Waals surface area contributed by atoms with Crippen LogP contribution in [-0.4, -0.2) is 45.6 Å². The van der Waals surface area contributed by atoms with E-state index in [1.807, 2.05) is 42.5 Å². The molecule has 1 aliphatic heterocycles. The van der Waals surface area contributed by atoms with Crippen LogP contribution in [0.2, 0.25) is 0 Å². The minimum absolute atomic E-state index is 0.0795. The van der Waals surface area contributed by atoms with Crippen LogP contribution in [0.25, 0.3) is 10.9 Å². The molecule has 2 N–H and O–H groups in total. The Bertz CT molecular complexity index is 1270. The van der Waals surface area contributed by atoms with E-state index in [4.69, 9.17) is 0 Å². The van der Waals surface area contributed by atoms with Gasteiger partial charge in [-0.3, -0.25) is 19.8 Å². The van der Waals surface area contributed by atoms with Crippen molar-refractivity contribution in [3.63, 3.8) is 0 Å². The standard InChI is InChI=1S/C27H28FN5O/c28-24-6-2-1-5-22(24)18-33-13-3-4-20(17-33)16-30-27(34)21-7-8-25-23(15-21)26(32-31-25)14-19-9-11-29-12-10-19/h1-2,5-12,15,20H,3-4,13-14,16-18H2,(H,30,34)(H,31,32). The number of carbonyl (C=O) groups is 1. The summed E-state index contributed by atoms with van der Waals surface area (Å²) in [5, 5.41) is 11.6. The van der Waals surface area contributed by atoms with Crippen LogP contribution in [0.3, 0.4) is 0 Å². The zero-order chi connectivity index (χ0) is 23.3. The van der Waals surface area contributed by atoms with E-state index in [1.165, 1.54) is 6.07 Å². The molecule has 6 nitrogen and oxygen atoms in total. The molecule has 34 heavy (non-hydrogen) atoms. The number of benzene rings is 2. The first-order chi connectivity index (χ1) is 16.7. The molecular formula is C27H28FN5O. The highest BCUT2D eigenvalue weighted by Gasteiger charge is 2.21. The van der Waals surface area contributed by atoms with Crippen molar-refractivity contribution in [3.8, 4) is 0 Å². The number of halogens is 1. The summed E-state index contributed by atoms with van der Waals surface area (Å²) in [4.78, 5) is 19.3. The molecule has 4 aromatic rings. The van der Waals surface area contributed by atoms with E-state index in [0.29, 0.717) is 31.0 Å². The van der Waals surface area contributed by atoms with Gasteiger partial charge in [0.2, 0.25) is 0 Å². The van der Waals surface area contributed by atoms with Gasteiger partial charge in [-0.2, -0.15) is 5.10 Å². The number of nitrogens with zero attached hydrogens (tertiary/aromatic N) is 3. The van der Waals surface area contributed by atoms with Gasteiger partial charge in [0.25, 0.3) is 5.91 Å². The Morgan fingerprint density at radius 3 is 2.85 bits per heavy atom. The second kappa shape index (κ2) is 10.1. The van der Waals surface area contributed by atoms with Crippen LogP contribution in [0.4, 0.5) is 4.39 Å². The number of amides is 1. The van der Waals surface area contributed by atoms with Crippen LogP contribution in [0.5, 0.6) is 0 Å². The summed E-state index contributed by atoms with van der Waals surface area (Å²) >= 11 is 0. The average molecular weight is 458 g/mol. The van der Waals surface area contributed by atoms with E-state index < -0.39 is 0 Å². The Labute approximate surface area is 198 Å². The minimum atomic E-state index is -0.157.